The second-order valence-electron chi connectivity index (χ2n) is 24.9. The molecular weight excluding hydrogens is 938 g/mol. The predicted molar refractivity (Wildman–Crippen MR) is 308 cm³/mol. The van der Waals surface area contributed by atoms with E-state index in [0.717, 1.165) is 88.6 Å². The fourth-order valence-electron chi connectivity index (χ4n) is 11.2. The third-order valence-corrected chi connectivity index (χ3v) is 15.6. The van der Waals surface area contributed by atoms with Crippen molar-refractivity contribution in [3.8, 4) is 45.0 Å². The Balaban J connectivity index is 0.00000543. The summed E-state index contributed by atoms with van der Waals surface area (Å²) in [6, 6.07) is 55.2. The van der Waals surface area contributed by atoms with E-state index in [-0.39, 0.29) is 41.1 Å². The maximum absolute atomic E-state index is 5.59. The standard InChI is InChI=1S/C68H60N4.Zn/c1-65(2,3)45-17-13-37-25-49-53(29-41(37)21-45)61-33-58-50-26-38-14-18-46(66(4,5)6)22-42(38)30-54(50)63(70-58)35-60-52-28-40-16-20-48(68(10,11)12)24-44(40)32-56(52)64(72-60)36-59-51-27-39-15-19-47(67(7,8)9)23-43(39)31-55(51)62(71-59)34-57(49)69-61;/h13-36H,1-12H3;/q-2;+2. The van der Waals surface area contributed by atoms with Crippen LogP contribution in [0.15, 0.2) is 146 Å². The van der Waals surface area contributed by atoms with Crippen LogP contribution in [0.4, 0.5) is 0 Å². The Bertz CT molecular complexity index is 4080. The van der Waals surface area contributed by atoms with Crippen LogP contribution >= 0.6 is 0 Å². The molecule has 0 spiro atoms. The molecule has 0 aliphatic carbocycles. The van der Waals surface area contributed by atoms with Gasteiger partial charge in [-0.2, -0.15) is 0 Å². The van der Waals surface area contributed by atoms with Gasteiger partial charge in [-0.25, -0.2) is 9.97 Å². The van der Waals surface area contributed by atoms with E-state index in [2.05, 4.69) is 229 Å². The average molecular weight is 999 g/mol. The minimum Gasteiger partial charge on any atom is -0.657 e. The topological polar surface area (TPSA) is 54.0 Å². The quantitative estimate of drug-likeness (QED) is 0.142. The largest absolute Gasteiger partial charge is 2.00 e. The Morgan fingerprint density at radius 1 is 0.260 bits per heavy atom. The molecule has 8 aromatic carbocycles. The van der Waals surface area contributed by atoms with E-state index in [1.165, 1.54) is 65.3 Å². The number of nitrogens with zero attached hydrogens (tertiary/aromatic N) is 4. The molecule has 3 aromatic heterocycles. The molecule has 0 atom stereocenters. The minimum atomic E-state index is 0. The van der Waals surface area contributed by atoms with Crippen LogP contribution in [-0.2, 0) is 41.1 Å². The summed E-state index contributed by atoms with van der Waals surface area (Å²) in [5, 5.41) is 13.9. The number of hydrogen-bond acceptors (Lipinski definition) is 2. The van der Waals surface area contributed by atoms with Gasteiger partial charge in [-0.1, -0.05) is 156 Å². The number of hydrogen-bond donors (Lipinski definition) is 0. The van der Waals surface area contributed by atoms with Crippen LogP contribution in [0.1, 0.15) is 105 Å². The molecule has 0 N–H and O–H groups in total. The van der Waals surface area contributed by atoms with Gasteiger partial charge in [0.05, 0.1) is 22.8 Å². The number of benzene rings is 8. The first kappa shape index (κ1) is 47.1. The van der Waals surface area contributed by atoms with Crippen molar-refractivity contribution in [1.29, 1.82) is 0 Å². The van der Waals surface area contributed by atoms with Crippen molar-refractivity contribution in [2.24, 2.45) is 0 Å². The Hall–Kier alpha value is -6.94. The molecule has 5 heteroatoms. The summed E-state index contributed by atoms with van der Waals surface area (Å²) in [7, 11) is 0. The first-order valence-corrected chi connectivity index (χ1v) is 25.7. The number of fused-ring (bicyclic) bond motifs is 24. The maximum atomic E-state index is 5.59. The summed E-state index contributed by atoms with van der Waals surface area (Å²) in [4.78, 5) is 22.4. The van der Waals surface area contributed by atoms with Crippen LogP contribution in [0.2, 0.25) is 0 Å². The monoisotopic (exact) mass is 996 g/mol. The Labute approximate surface area is 441 Å². The van der Waals surface area contributed by atoms with E-state index < -0.39 is 0 Å². The second kappa shape index (κ2) is 16.0. The van der Waals surface area contributed by atoms with Crippen LogP contribution in [0, 0.1) is 0 Å². The zero-order valence-electron chi connectivity index (χ0n) is 44.4. The first-order chi connectivity index (χ1) is 34.1. The molecule has 0 radical (unpaired) electrons. The van der Waals surface area contributed by atoms with E-state index in [9.17, 15) is 0 Å². The molecule has 4 nitrogen and oxygen atoms in total. The summed E-state index contributed by atoms with van der Waals surface area (Å²) >= 11 is 0. The number of rotatable bonds is 0. The van der Waals surface area contributed by atoms with Crippen LogP contribution in [-0.4, -0.2) is 9.97 Å². The van der Waals surface area contributed by atoms with Crippen molar-refractivity contribution in [3.63, 3.8) is 0 Å². The van der Waals surface area contributed by atoms with Crippen LogP contribution < -0.4 is 9.97 Å². The van der Waals surface area contributed by atoms with Gasteiger partial charge in [0.25, 0.3) is 0 Å². The van der Waals surface area contributed by atoms with Crippen molar-refractivity contribution >= 4 is 86.7 Å². The smallest absolute Gasteiger partial charge is 0.657 e. The third-order valence-electron chi connectivity index (χ3n) is 15.6. The Morgan fingerprint density at radius 3 is 0.740 bits per heavy atom. The van der Waals surface area contributed by atoms with Gasteiger partial charge in [0.1, 0.15) is 0 Å². The minimum absolute atomic E-state index is 0. The molecule has 2 aliphatic rings. The van der Waals surface area contributed by atoms with Crippen LogP contribution in [0.3, 0.4) is 0 Å². The fourth-order valence-corrected chi connectivity index (χ4v) is 11.2. The van der Waals surface area contributed by atoms with E-state index in [0.29, 0.717) is 0 Å². The molecule has 5 heterocycles. The molecule has 2 aliphatic heterocycles. The van der Waals surface area contributed by atoms with Crippen molar-refractivity contribution < 1.29 is 19.5 Å². The summed E-state index contributed by atoms with van der Waals surface area (Å²) in [6.45, 7) is 27.4. The molecule has 0 saturated heterocycles. The van der Waals surface area contributed by atoms with Crippen molar-refractivity contribution in [2.75, 3.05) is 0 Å². The van der Waals surface area contributed by atoms with E-state index in [4.69, 9.17) is 19.9 Å². The van der Waals surface area contributed by atoms with E-state index in [1.807, 2.05) is 0 Å². The first-order valence-electron chi connectivity index (χ1n) is 25.7. The molecule has 73 heavy (non-hydrogen) atoms. The van der Waals surface area contributed by atoms with Crippen molar-refractivity contribution in [3.05, 3.63) is 168 Å². The van der Waals surface area contributed by atoms with Gasteiger partial charge in [-0.05, 0) is 181 Å². The van der Waals surface area contributed by atoms with Gasteiger partial charge < -0.3 is 9.97 Å². The van der Waals surface area contributed by atoms with Crippen LogP contribution in [0.5, 0.6) is 0 Å². The van der Waals surface area contributed by atoms with Gasteiger partial charge in [0, 0.05) is 22.3 Å². The molecule has 11 aromatic rings. The predicted octanol–water partition coefficient (Wildman–Crippen LogP) is 18.3. The summed E-state index contributed by atoms with van der Waals surface area (Å²) in [6.07, 6.45) is 0. The zero-order valence-corrected chi connectivity index (χ0v) is 47.3. The molecule has 0 amide bonds. The number of aromatic nitrogens is 4. The van der Waals surface area contributed by atoms with Gasteiger partial charge in [0.2, 0.25) is 0 Å². The molecule has 13 rings (SSSR count). The summed E-state index contributed by atoms with van der Waals surface area (Å²) < 4.78 is 0. The van der Waals surface area contributed by atoms with Gasteiger partial charge in [-0.3, -0.25) is 0 Å². The molecular formula is C68H60N4Zn. The molecule has 0 unspecified atom stereocenters. The zero-order chi connectivity index (χ0) is 50.0. The Kier molecular flexibility index (Phi) is 10.3. The van der Waals surface area contributed by atoms with Gasteiger partial charge in [-0.15, -0.1) is 22.1 Å². The second-order valence-corrected chi connectivity index (χ2v) is 24.9. The van der Waals surface area contributed by atoms with E-state index >= 15 is 0 Å². The maximum Gasteiger partial charge on any atom is 2.00 e. The molecule has 354 valence electrons. The summed E-state index contributed by atoms with van der Waals surface area (Å²) in [5.74, 6) is 0. The average Bonchev–Trinajstić information content (AvgIpc) is 4.04. The van der Waals surface area contributed by atoms with Crippen LogP contribution in [0.25, 0.3) is 132 Å². The van der Waals surface area contributed by atoms with E-state index in [1.54, 1.807) is 0 Å². The van der Waals surface area contributed by atoms with Crippen molar-refractivity contribution in [1.82, 2.24) is 19.9 Å². The molecule has 0 fully saturated rings. The van der Waals surface area contributed by atoms with Crippen molar-refractivity contribution in [2.45, 2.75) is 105 Å². The summed E-state index contributed by atoms with van der Waals surface area (Å²) in [5.41, 5.74) is 16.8. The fraction of sp³-hybridized carbons (Fsp3) is 0.235. The SMILES string of the molecule is CC(C)(C)c1ccc2cc3c(cc2c1)-c1cc2[n-]c(cc4nc(cc5[n-]c(cc-3n1)c1cc3cc(C(C)(C)C)ccc3cc51)-c1cc3cc(C(C)(C)C)ccc3cc1-4)c1cc3cc(C(C)(C)C)ccc3cc21.[Zn+2]. The Morgan fingerprint density at radius 2 is 0.479 bits per heavy atom. The molecule has 0 saturated carbocycles. The normalized spacial score (nSPS) is 13.1. The van der Waals surface area contributed by atoms with Gasteiger partial charge in [0.15, 0.2) is 0 Å². The van der Waals surface area contributed by atoms with Gasteiger partial charge >= 0.3 is 19.5 Å². The third kappa shape index (κ3) is 7.89. The molecule has 8 bridgehead atoms.